The number of benzene rings is 1. The van der Waals surface area contributed by atoms with Gasteiger partial charge in [0.15, 0.2) is 0 Å². The van der Waals surface area contributed by atoms with Crippen molar-refractivity contribution >= 4 is 57.5 Å². The SMILES string of the molecule is NC(=O)C(N)CNc1c(Cl)cc(Cl)c2c1N=S=N2. The lowest BCUT2D eigenvalue weighted by Crippen LogP contribution is -2.41. The maximum atomic E-state index is 10.9. The van der Waals surface area contributed by atoms with Crippen LogP contribution in [0.2, 0.25) is 10.0 Å². The molecular formula is C9H9Cl2N5OS. The Morgan fingerprint density at radius 1 is 1.39 bits per heavy atom. The van der Waals surface area contributed by atoms with Crippen LogP contribution < -0.4 is 16.8 Å². The Kier molecular flexibility index (Phi) is 3.86. The van der Waals surface area contributed by atoms with Gasteiger partial charge in [-0.3, -0.25) is 4.79 Å². The molecule has 1 atom stereocenters. The van der Waals surface area contributed by atoms with Gasteiger partial charge in [-0.2, -0.15) is 8.73 Å². The summed E-state index contributed by atoms with van der Waals surface area (Å²) in [6.07, 6.45) is 0. The third-order valence-electron chi connectivity index (χ3n) is 2.31. The molecule has 1 aliphatic rings. The lowest BCUT2D eigenvalue weighted by molar-refractivity contribution is -0.118. The van der Waals surface area contributed by atoms with Crippen molar-refractivity contribution in [3.63, 3.8) is 0 Å². The summed E-state index contributed by atoms with van der Waals surface area (Å²) in [5.74, 6) is -0.597. The van der Waals surface area contributed by atoms with Gasteiger partial charge in [-0.05, 0) is 6.07 Å². The van der Waals surface area contributed by atoms with E-state index in [1.54, 1.807) is 6.07 Å². The number of amides is 1. The average molecular weight is 306 g/mol. The quantitative estimate of drug-likeness (QED) is 0.803. The van der Waals surface area contributed by atoms with Crippen molar-refractivity contribution in [3.8, 4) is 0 Å². The first-order valence-electron chi connectivity index (χ1n) is 4.89. The van der Waals surface area contributed by atoms with Crippen molar-refractivity contribution in [3.05, 3.63) is 16.1 Å². The molecule has 0 fully saturated rings. The van der Waals surface area contributed by atoms with Crippen molar-refractivity contribution in [1.82, 2.24) is 0 Å². The molecular weight excluding hydrogens is 297 g/mol. The molecule has 6 nitrogen and oxygen atoms in total. The van der Waals surface area contributed by atoms with Gasteiger partial charge >= 0.3 is 0 Å². The number of rotatable bonds is 4. The number of carbonyl (C=O) groups is 1. The van der Waals surface area contributed by atoms with Gasteiger partial charge in [0.05, 0.1) is 27.1 Å². The topological polar surface area (TPSA) is 106 Å². The Bertz CT molecular complexity index is 585. The van der Waals surface area contributed by atoms with Gasteiger partial charge in [-0.1, -0.05) is 23.2 Å². The molecule has 2 rings (SSSR count). The Morgan fingerprint density at radius 2 is 2.06 bits per heavy atom. The summed E-state index contributed by atoms with van der Waals surface area (Å²) in [7, 11) is 0. The molecule has 1 aromatic carbocycles. The first kappa shape index (κ1) is 13.3. The molecule has 1 aromatic rings. The minimum Gasteiger partial charge on any atom is -0.380 e. The summed E-state index contributed by atoms with van der Waals surface area (Å²) in [5, 5.41) is 3.75. The molecule has 0 saturated carbocycles. The summed E-state index contributed by atoms with van der Waals surface area (Å²) in [4.78, 5) is 10.9. The van der Waals surface area contributed by atoms with Crippen molar-refractivity contribution in [2.24, 2.45) is 20.2 Å². The summed E-state index contributed by atoms with van der Waals surface area (Å²) < 4.78 is 8.16. The number of nitrogens with one attached hydrogen (secondary N) is 1. The fourth-order valence-electron chi connectivity index (χ4n) is 1.35. The number of fused-ring (bicyclic) bond motifs is 1. The second-order valence-corrected chi connectivity index (χ2v) is 4.91. The van der Waals surface area contributed by atoms with E-state index in [2.05, 4.69) is 14.0 Å². The molecule has 0 spiro atoms. The van der Waals surface area contributed by atoms with E-state index in [1.807, 2.05) is 0 Å². The van der Waals surface area contributed by atoms with Crippen LogP contribution in [0.5, 0.6) is 0 Å². The van der Waals surface area contributed by atoms with Gasteiger partial charge in [0.1, 0.15) is 17.4 Å². The number of carbonyl (C=O) groups excluding carboxylic acids is 1. The zero-order chi connectivity index (χ0) is 13.3. The molecule has 0 bridgehead atoms. The molecule has 1 aliphatic heterocycles. The first-order chi connectivity index (χ1) is 8.50. The van der Waals surface area contributed by atoms with E-state index in [0.717, 1.165) is 11.4 Å². The van der Waals surface area contributed by atoms with E-state index < -0.39 is 11.9 Å². The van der Waals surface area contributed by atoms with Gasteiger partial charge < -0.3 is 16.8 Å². The second kappa shape index (κ2) is 5.23. The summed E-state index contributed by atoms with van der Waals surface area (Å²) in [6, 6.07) is 0.753. The third kappa shape index (κ3) is 2.49. The van der Waals surface area contributed by atoms with Crippen molar-refractivity contribution in [2.75, 3.05) is 11.9 Å². The van der Waals surface area contributed by atoms with Crippen LogP contribution in [0, 0.1) is 0 Å². The van der Waals surface area contributed by atoms with Crippen LogP contribution in [0.4, 0.5) is 17.1 Å². The van der Waals surface area contributed by atoms with E-state index in [-0.39, 0.29) is 6.54 Å². The zero-order valence-electron chi connectivity index (χ0n) is 8.98. The molecule has 1 amide bonds. The predicted octanol–water partition coefficient (Wildman–Crippen LogP) is 1.94. The average Bonchev–Trinajstić information content (AvgIpc) is 2.77. The standard InChI is InChI=1S/C9H9Cl2N5OS/c10-3-1-4(11)7-8(16-18-15-7)6(3)14-2-5(12)9(13)17/h1,5,14H,2,12H2,(H2,13,17). The van der Waals surface area contributed by atoms with Crippen LogP contribution in [0.1, 0.15) is 0 Å². The minimum atomic E-state index is -0.807. The minimum absolute atomic E-state index is 0.156. The van der Waals surface area contributed by atoms with Gasteiger partial charge in [0.25, 0.3) is 0 Å². The number of hydrogen-bond acceptors (Lipinski definition) is 5. The van der Waals surface area contributed by atoms with E-state index >= 15 is 0 Å². The molecule has 0 aliphatic carbocycles. The number of hydrogen-bond donors (Lipinski definition) is 3. The Balaban J connectivity index is 2.27. The van der Waals surface area contributed by atoms with E-state index in [9.17, 15) is 4.79 Å². The highest BCUT2D eigenvalue weighted by molar-refractivity contribution is 7.58. The largest absolute Gasteiger partial charge is 0.380 e. The summed E-state index contributed by atoms with van der Waals surface area (Å²) in [5.41, 5.74) is 12.2. The van der Waals surface area contributed by atoms with Gasteiger partial charge in [0.2, 0.25) is 5.91 Å². The van der Waals surface area contributed by atoms with E-state index in [4.69, 9.17) is 34.7 Å². The third-order valence-corrected chi connectivity index (χ3v) is 3.42. The predicted molar refractivity (Wildman–Crippen MR) is 73.7 cm³/mol. The van der Waals surface area contributed by atoms with E-state index in [0.29, 0.717) is 27.1 Å². The zero-order valence-corrected chi connectivity index (χ0v) is 11.3. The van der Waals surface area contributed by atoms with Crippen LogP contribution in [0.25, 0.3) is 0 Å². The lowest BCUT2D eigenvalue weighted by atomic mass is 10.2. The van der Waals surface area contributed by atoms with E-state index in [1.165, 1.54) is 0 Å². The molecule has 9 heteroatoms. The smallest absolute Gasteiger partial charge is 0.236 e. The van der Waals surface area contributed by atoms with Crippen molar-refractivity contribution in [2.45, 2.75) is 6.04 Å². The number of nitrogens with two attached hydrogens (primary N) is 2. The molecule has 0 aromatic heterocycles. The normalized spacial score (nSPS) is 13.9. The van der Waals surface area contributed by atoms with Crippen molar-refractivity contribution < 1.29 is 4.79 Å². The number of nitrogens with zero attached hydrogens (tertiary/aromatic N) is 2. The molecule has 0 radical (unpaired) electrons. The Morgan fingerprint density at radius 3 is 2.72 bits per heavy atom. The first-order valence-corrected chi connectivity index (χ1v) is 6.38. The number of primary amides is 1. The van der Waals surface area contributed by atoms with Gasteiger partial charge in [0, 0.05) is 6.54 Å². The van der Waals surface area contributed by atoms with Crippen molar-refractivity contribution in [1.29, 1.82) is 0 Å². The Labute approximate surface area is 117 Å². The molecule has 1 heterocycles. The fraction of sp³-hybridized carbons (Fsp3) is 0.222. The highest BCUT2D eigenvalue weighted by atomic mass is 35.5. The molecule has 18 heavy (non-hydrogen) atoms. The maximum Gasteiger partial charge on any atom is 0.236 e. The maximum absolute atomic E-state index is 10.9. The van der Waals surface area contributed by atoms with Gasteiger partial charge in [-0.15, -0.1) is 0 Å². The molecule has 1 unspecified atom stereocenters. The van der Waals surface area contributed by atoms with Crippen LogP contribution in [-0.4, -0.2) is 18.5 Å². The lowest BCUT2D eigenvalue weighted by Gasteiger charge is -2.14. The number of anilines is 1. The fourth-order valence-corrected chi connectivity index (χ4v) is 2.53. The van der Waals surface area contributed by atoms with Crippen LogP contribution in [-0.2, 0) is 16.1 Å². The summed E-state index contributed by atoms with van der Waals surface area (Å²) >= 11 is 13.1. The second-order valence-electron chi connectivity index (χ2n) is 3.57. The van der Waals surface area contributed by atoms with Gasteiger partial charge in [-0.25, -0.2) is 0 Å². The van der Waals surface area contributed by atoms with Crippen LogP contribution >= 0.6 is 23.2 Å². The highest BCUT2D eigenvalue weighted by Crippen LogP contribution is 2.47. The van der Waals surface area contributed by atoms with Crippen LogP contribution in [0.15, 0.2) is 14.8 Å². The highest BCUT2D eigenvalue weighted by Gasteiger charge is 2.19. The number of halogens is 2. The summed E-state index contributed by atoms with van der Waals surface area (Å²) in [6.45, 7) is 0.156. The Hall–Kier alpha value is -1.15. The monoisotopic (exact) mass is 305 g/mol. The van der Waals surface area contributed by atoms with Crippen LogP contribution in [0.3, 0.4) is 0 Å². The molecule has 96 valence electrons. The molecule has 0 saturated heterocycles. The molecule has 5 N–H and O–H groups in total.